The molecule has 0 saturated carbocycles. The second kappa shape index (κ2) is 10.0. The summed E-state index contributed by atoms with van der Waals surface area (Å²) in [7, 11) is -3.50. The van der Waals surface area contributed by atoms with Gasteiger partial charge in [0.05, 0.1) is 11.0 Å². The third-order valence-corrected chi connectivity index (χ3v) is 7.98. The van der Waals surface area contributed by atoms with E-state index in [4.69, 9.17) is 9.47 Å². The summed E-state index contributed by atoms with van der Waals surface area (Å²) in [6, 6.07) is 13.3. The first kappa shape index (κ1) is 22.8. The van der Waals surface area contributed by atoms with Gasteiger partial charge < -0.3 is 14.8 Å². The first-order valence-electron chi connectivity index (χ1n) is 11.2. The van der Waals surface area contributed by atoms with Gasteiger partial charge in [0.15, 0.2) is 0 Å². The van der Waals surface area contributed by atoms with Crippen LogP contribution >= 0.6 is 0 Å². The first-order valence-corrected chi connectivity index (χ1v) is 12.6. The van der Waals surface area contributed by atoms with Crippen LogP contribution in [-0.4, -0.2) is 51.0 Å². The van der Waals surface area contributed by atoms with E-state index < -0.39 is 10.0 Å². The number of amides is 1. The molecule has 4 rings (SSSR count). The van der Waals surface area contributed by atoms with Crippen LogP contribution in [0.3, 0.4) is 0 Å². The predicted molar refractivity (Wildman–Crippen MR) is 122 cm³/mol. The fourth-order valence-corrected chi connectivity index (χ4v) is 5.43. The molecule has 1 N–H and O–H groups in total. The second-order valence-electron chi connectivity index (χ2n) is 8.54. The summed E-state index contributed by atoms with van der Waals surface area (Å²) in [5.74, 6) is 0.982. The number of hydrogen-bond donors (Lipinski definition) is 1. The van der Waals surface area contributed by atoms with E-state index in [1.165, 1.54) is 0 Å². The molecular formula is C24H30N2O5S. The molecule has 1 unspecified atom stereocenters. The molecule has 8 heteroatoms. The molecule has 0 bridgehead atoms. The van der Waals surface area contributed by atoms with E-state index in [0.717, 1.165) is 32.3 Å². The highest BCUT2D eigenvalue weighted by Gasteiger charge is 2.28. The monoisotopic (exact) mass is 458 g/mol. The van der Waals surface area contributed by atoms with Gasteiger partial charge in [-0.15, -0.1) is 0 Å². The minimum absolute atomic E-state index is 0.142. The fourth-order valence-electron chi connectivity index (χ4n) is 3.96. The van der Waals surface area contributed by atoms with Crippen LogP contribution in [0.25, 0.3) is 0 Å². The molecule has 2 fully saturated rings. The molecule has 2 aromatic rings. The average Bonchev–Trinajstić information content (AvgIpc) is 3.32. The van der Waals surface area contributed by atoms with E-state index in [9.17, 15) is 13.2 Å². The Bertz CT molecular complexity index is 1010. The van der Waals surface area contributed by atoms with Crippen LogP contribution in [0, 0.1) is 5.92 Å². The molecule has 0 radical (unpaired) electrons. The summed E-state index contributed by atoms with van der Waals surface area (Å²) >= 11 is 0. The van der Waals surface area contributed by atoms with Crippen LogP contribution in [0.15, 0.2) is 53.4 Å². The maximum absolute atomic E-state index is 12.8. The fraction of sp³-hybridized carbons (Fsp3) is 0.458. The second-order valence-corrected chi connectivity index (χ2v) is 10.5. The quantitative estimate of drug-likeness (QED) is 0.680. The Labute approximate surface area is 189 Å². The molecule has 172 valence electrons. The SMILES string of the molecule is CC1CCN(S(=O)(=O)c2ccc(NC(=O)c3ccc(OCC4CCCO4)cc3)cc2)CC1. The van der Waals surface area contributed by atoms with Gasteiger partial charge in [0, 0.05) is 30.9 Å². The average molecular weight is 459 g/mol. The number of sulfonamides is 1. The van der Waals surface area contributed by atoms with Crippen molar-refractivity contribution in [2.24, 2.45) is 5.92 Å². The maximum atomic E-state index is 12.8. The summed E-state index contributed by atoms with van der Waals surface area (Å²) in [5.41, 5.74) is 1.04. The number of nitrogens with one attached hydrogen (secondary N) is 1. The van der Waals surface area contributed by atoms with Gasteiger partial charge in [0.2, 0.25) is 10.0 Å². The lowest BCUT2D eigenvalue weighted by Crippen LogP contribution is -2.37. The van der Waals surface area contributed by atoms with Crippen molar-refractivity contribution in [3.8, 4) is 5.75 Å². The Kier molecular flexibility index (Phi) is 7.13. The molecule has 2 saturated heterocycles. The standard InChI is InChI=1S/C24H30N2O5S/c1-18-12-14-26(15-13-18)32(28,29)23-10-6-20(7-11-23)25-24(27)19-4-8-21(9-5-19)31-17-22-3-2-16-30-22/h4-11,18,22H,2-3,12-17H2,1H3,(H,25,27). The minimum Gasteiger partial charge on any atom is -0.491 e. The highest BCUT2D eigenvalue weighted by atomic mass is 32.2. The van der Waals surface area contributed by atoms with E-state index in [2.05, 4.69) is 12.2 Å². The van der Waals surface area contributed by atoms with Crippen molar-refractivity contribution in [3.63, 3.8) is 0 Å². The number of piperidine rings is 1. The van der Waals surface area contributed by atoms with Crippen molar-refractivity contribution >= 4 is 21.6 Å². The molecule has 1 atom stereocenters. The zero-order valence-electron chi connectivity index (χ0n) is 18.3. The zero-order valence-corrected chi connectivity index (χ0v) is 19.1. The molecule has 7 nitrogen and oxygen atoms in total. The van der Waals surface area contributed by atoms with Crippen molar-refractivity contribution in [1.82, 2.24) is 4.31 Å². The van der Waals surface area contributed by atoms with Gasteiger partial charge in [0.25, 0.3) is 5.91 Å². The van der Waals surface area contributed by atoms with E-state index in [-0.39, 0.29) is 16.9 Å². The Hall–Kier alpha value is -2.42. The molecule has 2 aromatic carbocycles. The van der Waals surface area contributed by atoms with Crippen LogP contribution in [0.2, 0.25) is 0 Å². The van der Waals surface area contributed by atoms with Crippen LogP contribution < -0.4 is 10.1 Å². The predicted octanol–water partition coefficient (Wildman–Crippen LogP) is 3.92. The van der Waals surface area contributed by atoms with Crippen molar-refractivity contribution in [2.45, 2.75) is 43.6 Å². The summed E-state index contributed by atoms with van der Waals surface area (Å²) in [5, 5.41) is 2.81. The summed E-state index contributed by atoms with van der Waals surface area (Å²) in [4.78, 5) is 12.8. The molecular weight excluding hydrogens is 428 g/mol. The largest absolute Gasteiger partial charge is 0.491 e. The normalized spacial score (nSPS) is 20.2. The molecule has 32 heavy (non-hydrogen) atoms. The van der Waals surface area contributed by atoms with Gasteiger partial charge in [-0.3, -0.25) is 4.79 Å². The molecule has 0 aromatic heterocycles. The summed E-state index contributed by atoms with van der Waals surface area (Å²) in [6.45, 7) is 4.55. The van der Waals surface area contributed by atoms with E-state index in [0.29, 0.717) is 42.6 Å². The zero-order chi connectivity index (χ0) is 22.6. The molecule has 2 aliphatic heterocycles. The number of nitrogens with zero attached hydrogens (tertiary/aromatic N) is 1. The molecule has 0 aliphatic carbocycles. The topological polar surface area (TPSA) is 84.9 Å². The van der Waals surface area contributed by atoms with Crippen molar-refractivity contribution < 1.29 is 22.7 Å². The lowest BCUT2D eigenvalue weighted by Gasteiger charge is -2.29. The Morgan fingerprint density at radius 2 is 1.75 bits per heavy atom. The van der Waals surface area contributed by atoms with Crippen LogP contribution in [0.4, 0.5) is 5.69 Å². The van der Waals surface area contributed by atoms with Gasteiger partial charge >= 0.3 is 0 Å². The molecule has 1 amide bonds. The number of rotatable bonds is 7. The van der Waals surface area contributed by atoms with Gasteiger partial charge in [-0.2, -0.15) is 4.31 Å². The van der Waals surface area contributed by atoms with Crippen molar-refractivity contribution in [3.05, 3.63) is 54.1 Å². The van der Waals surface area contributed by atoms with E-state index in [1.807, 2.05) is 0 Å². The Balaban J connectivity index is 1.33. The number of carbonyl (C=O) groups excluding carboxylic acids is 1. The van der Waals surface area contributed by atoms with Crippen molar-refractivity contribution in [2.75, 3.05) is 31.6 Å². The molecule has 2 aliphatic rings. The summed E-state index contributed by atoms with van der Waals surface area (Å²) in [6.07, 6.45) is 3.98. The highest BCUT2D eigenvalue weighted by molar-refractivity contribution is 7.89. The van der Waals surface area contributed by atoms with Crippen molar-refractivity contribution in [1.29, 1.82) is 0 Å². The first-order chi connectivity index (χ1) is 15.4. The van der Waals surface area contributed by atoms with Gasteiger partial charge in [-0.05, 0) is 80.1 Å². The van der Waals surface area contributed by atoms with E-state index >= 15 is 0 Å². The van der Waals surface area contributed by atoms with Gasteiger partial charge in [0.1, 0.15) is 12.4 Å². The number of ether oxygens (including phenoxy) is 2. The lowest BCUT2D eigenvalue weighted by molar-refractivity contribution is 0.0679. The third-order valence-electron chi connectivity index (χ3n) is 6.07. The van der Waals surface area contributed by atoms with Crippen LogP contribution in [0.1, 0.15) is 43.0 Å². The minimum atomic E-state index is -3.50. The number of benzene rings is 2. The maximum Gasteiger partial charge on any atom is 0.255 e. The smallest absolute Gasteiger partial charge is 0.255 e. The number of hydrogen-bond acceptors (Lipinski definition) is 5. The number of anilines is 1. The van der Waals surface area contributed by atoms with Gasteiger partial charge in [-0.1, -0.05) is 6.92 Å². The summed E-state index contributed by atoms with van der Waals surface area (Å²) < 4.78 is 38.5. The lowest BCUT2D eigenvalue weighted by atomic mass is 10.0. The molecule has 2 heterocycles. The van der Waals surface area contributed by atoms with Crippen LogP contribution in [0.5, 0.6) is 5.75 Å². The highest BCUT2D eigenvalue weighted by Crippen LogP contribution is 2.24. The third kappa shape index (κ3) is 5.49. The Morgan fingerprint density at radius 1 is 1.06 bits per heavy atom. The molecule has 0 spiro atoms. The van der Waals surface area contributed by atoms with Gasteiger partial charge in [-0.25, -0.2) is 8.42 Å². The van der Waals surface area contributed by atoms with Crippen LogP contribution in [-0.2, 0) is 14.8 Å². The Morgan fingerprint density at radius 3 is 2.38 bits per heavy atom. The number of carbonyl (C=O) groups is 1. The van der Waals surface area contributed by atoms with E-state index in [1.54, 1.807) is 52.8 Å².